The van der Waals surface area contributed by atoms with Crippen molar-refractivity contribution in [1.82, 2.24) is 19.9 Å². The largest absolute Gasteiger partial charge is 0.381 e. The molecule has 0 radical (unpaired) electrons. The van der Waals surface area contributed by atoms with E-state index in [9.17, 15) is 4.79 Å². The monoisotopic (exact) mass is 298 g/mol. The van der Waals surface area contributed by atoms with Crippen LogP contribution in [0.3, 0.4) is 0 Å². The Morgan fingerprint density at radius 3 is 2.77 bits per heavy atom. The molecule has 3 heterocycles. The number of likely N-dealkylation sites (tertiary alicyclic amines) is 1. The zero-order valence-electron chi connectivity index (χ0n) is 12.3. The van der Waals surface area contributed by atoms with Crippen molar-refractivity contribution in [3.05, 3.63) is 36.5 Å². The molecule has 1 amide bonds. The van der Waals surface area contributed by atoms with Crippen molar-refractivity contribution in [3.63, 3.8) is 0 Å². The fraction of sp³-hybridized carbons (Fsp3) is 0.438. The number of aromatic nitrogens is 3. The van der Waals surface area contributed by atoms with Crippen molar-refractivity contribution >= 4 is 5.91 Å². The smallest absolute Gasteiger partial charge is 0.228 e. The highest BCUT2D eigenvalue weighted by molar-refractivity contribution is 5.80. The first kappa shape index (κ1) is 13.5. The molecule has 0 N–H and O–H groups in total. The fourth-order valence-electron chi connectivity index (χ4n) is 2.99. The first-order chi connectivity index (χ1) is 10.8. The first-order valence-electron chi connectivity index (χ1n) is 7.65. The molecule has 114 valence electrons. The summed E-state index contributed by atoms with van der Waals surface area (Å²) in [5.74, 6) is 0.272. The minimum Gasteiger partial charge on any atom is -0.381 e. The minimum absolute atomic E-state index is 0.0524. The SMILES string of the molecule is O=C(C1CCOC1)N1CC(n2cc(-c3ccccc3)nn2)C1. The lowest BCUT2D eigenvalue weighted by Gasteiger charge is -2.40. The average molecular weight is 298 g/mol. The molecular formula is C16H18N4O2. The summed E-state index contributed by atoms with van der Waals surface area (Å²) in [7, 11) is 0. The molecule has 1 aromatic carbocycles. The van der Waals surface area contributed by atoms with Crippen molar-refractivity contribution in [1.29, 1.82) is 0 Å². The molecule has 4 rings (SSSR count). The Bertz CT molecular complexity index is 658. The summed E-state index contributed by atoms with van der Waals surface area (Å²) in [5.41, 5.74) is 1.93. The lowest BCUT2D eigenvalue weighted by atomic mass is 10.0. The fourth-order valence-corrected chi connectivity index (χ4v) is 2.99. The van der Waals surface area contributed by atoms with Crippen LogP contribution >= 0.6 is 0 Å². The maximum Gasteiger partial charge on any atom is 0.228 e. The summed E-state index contributed by atoms with van der Waals surface area (Å²) in [6, 6.07) is 10.2. The first-order valence-corrected chi connectivity index (χ1v) is 7.65. The van der Waals surface area contributed by atoms with Crippen LogP contribution in [-0.4, -0.2) is 52.1 Å². The molecule has 22 heavy (non-hydrogen) atoms. The quantitative estimate of drug-likeness (QED) is 0.858. The number of carbonyl (C=O) groups is 1. The van der Waals surface area contributed by atoms with Crippen molar-refractivity contribution in [2.75, 3.05) is 26.3 Å². The van der Waals surface area contributed by atoms with E-state index in [0.717, 1.165) is 17.7 Å². The van der Waals surface area contributed by atoms with Crippen LogP contribution in [0, 0.1) is 5.92 Å². The summed E-state index contributed by atoms with van der Waals surface area (Å²) in [6.07, 6.45) is 2.81. The van der Waals surface area contributed by atoms with Gasteiger partial charge in [-0.2, -0.15) is 0 Å². The topological polar surface area (TPSA) is 60.2 Å². The van der Waals surface area contributed by atoms with Crippen molar-refractivity contribution in [2.45, 2.75) is 12.5 Å². The number of ether oxygens (including phenoxy) is 1. The standard InChI is InChI=1S/C16H18N4O2/c21-16(13-6-7-22-11-13)19-8-14(9-19)20-10-15(17-18-20)12-4-2-1-3-5-12/h1-5,10,13-14H,6-9,11H2. The summed E-state index contributed by atoms with van der Waals surface area (Å²) in [4.78, 5) is 14.1. The Morgan fingerprint density at radius 1 is 1.23 bits per heavy atom. The molecule has 0 aliphatic carbocycles. The van der Waals surface area contributed by atoms with E-state index in [1.807, 2.05) is 46.1 Å². The highest BCUT2D eigenvalue weighted by atomic mass is 16.5. The van der Waals surface area contributed by atoms with Crippen molar-refractivity contribution in [3.8, 4) is 11.3 Å². The van der Waals surface area contributed by atoms with E-state index in [1.54, 1.807) is 0 Å². The van der Waals surface area contributed by atoms with E-state index in [4.69, 9.17) is 4.74 Å². The van der Waals surface area contributed by atoms with E-state index in [2.05, 4.69) is 10.3 Å². The van der Waals surface area contributed by atoms with Crippen LogP contribution < -0.4 is 0 Å². The van der Waals surface area contributed by atoms with Gasteiger partial charge in [-0.15, -0.1) is 5.10 Å². The number of hydrogen-bond acceptors (Lipinski definition) is 4. The van der Waals surface area contributed by atoms with Gasteiger partial charge in [0.15, 0.2) is 0 Å². The number of amides is 1. The lowest BCUT2D eigenvalue weighted by molar-refractivity contribution is -0.141. The second kappa shape index (κ2) is 5.53. The molecule has 2 aliphatic heterocycles. The summed E-state index contributed by atoms with van der Waals surface area (Å²) in [6.45, 7) is 2.71. The van der Waals surface area contributed by atoms with Gasteiger partial charge >= 0.3 is 0 Å². The van der Waals surface area contributed by atoms with Crippen LogP contribution in [0.25, 0.3) is 11.3 Å². The second-order valence-electron chi connectivity index (χ2n) is 5.91. The van der Waals surface area contributed by atoms with Gasteiger partial charge in [-0.05, 0) is 6.42 Å². The number of hydrogen-bond donors (Lipinski definition) is 0. The third kappa shape index (κ3) is 2.39. The molecule has 2 aromatic rings. The number of carbonyl (C=O) groups excluding carboxylic acids is 1. The van der Waals surface area contributed by atoms with E-state index >= 15 is 0 Å². The maximum atomic E-state index is 12.2. The van der Waals surface area contributed by atoms with Gasteiger partial charge in [0.1, 0.15) is 5.69 Å². The zero-order chi connectivity index (χ0) is 14.9. The van der Waals surface area contributed by atoms with E-state index in [0.29, 0.717) is 26.3 Å². The summed E-state index contributed by atoms with van der Waals surface area (Å²) in [5, 5.41) is 8.44. The number of benzene rings is 1. The molecule has 1 aromatic heterocycles. The van der Waals surface area contributed by atoms with E-state index < -0.39 is 0 Å². The molecule has 6 heteroatoms. The maximum absolute atomic E-state index is 12.2. The van der Waals surface area contributed by atoms with Gasteiger partial charge in [0.25, 0.3) is 0 Å². The second-order valence-corrected chi connectivity index (χ2v) is 5.91. The van der Waals surface area contributed by atoms with Crippen LogP contribution in [-0.2, 0) is 9.53 Å². The van der Waals surface area contributed by atoms with Gasteiger partial charge < -0.3 is 9.64 Å². The van der Waals surface area contributed by atoms with Crippen molar-refractivity contribution in [2.24, 2.45) is 5.92 Å². The Labute approximate surface area is 128 Å². The third-order valence-corrected chi connectivity index (χ3v) is 4.41. The van der Waals surface area contributed by atoms with Crippen LogP contribution in [0.2, 0.25) is 0 Å². The molecule has 2 saturated heterocycles. The predicted octanol–water partition coefficient (Wildman–Crippen LogP) is 1.36. The lowest BCUT2D eigenvalue weighted by Crippen LogP contribution is -2.52. The molecule has 2 fully saturated rings. The summed E-state index contributed by atoms with van der Waals surface area (Å²) >= 11 is 0. The van der Waals surface area contributed by atoms with Crippen molar-refractivity contribution < 1.29 is 9.53 Å². The van der Waals surface area contributed by atoms with Crippen LogP contribution in [0.15, 0.2) is 36.5 Å². The number of nitrogens with zero attached hydrogens (tertiary/aromatic N) is 4. The van der Waals surface area contributed by atoms with E-state index in [-0.39, 0.29) is 17.9 Å². The Morgan fingerprint density at radius 2 is 2.05 bits per heavy atom. The minimum atomic E-state index is 0.0524. The molecule has 1 unspecified atom stereocenters. The normalized spacial score (nSPS) is 21.8. The average Bonchev–Trinajstić information content (AvgIpc) is 3.18. The summed E-state index contributed by atoms with van der Waals surface area (Å²) < 4.78 is 7.16. The highest BCUT2D eigenvalue weighted by Gasteiger charge is 2.37. The van der Waals surface area contributed by atoms with Gasteiger partial charge in [0.05, 0.1) is 24.8 Å². The van der Waals surface area contributed by atoms with Gasteiger partial charge in [0.2, 0.25) is 5.91 Å². The molecule has 0 saturated carbocycles. The van der Waals surface area contributed by atoms with E-state index in [1.165, 1.54) is 0 Å². The molecule has 6 nitrogen and oxygen atoms in total. The van der Waals surface area contributed by atoms with Gasteiger partial charge in [-0.3, -0.25) is 4.79 Å². The van der Waals surface area contributed by atoms with Gasteiger partial charge in [0, 0.05) is 25.3 Å². The van der Waals surface area contributed by atoms with Crippen LogP contribution in [0.1, 0.15) is 12.5 Å². The van der Waals surface area contributed by atoms with Gasteiger partial charge in [-0.25, -0.2) is 4.68 Å². The Hall–Kier alpha value is -2.21. The molecular weight excluding hydrogens is 280 g/mol. The third-order valence-electron chi connectivity index (χ3n) is 4.41. The predicted molar refractivity (Wildman–Crippen MR) is 80.0 cm³/mol. The molecule has 1 atom stereocenters. The molecule has 0 bridgehead atoms. The highest BCUT2D eigenvalue weighted by Crippen LogP contribution is 2.26. The Balaban J connectivity index is 1.39. The van der Waals surface area contributed by atoms with Crippen LogP contribution in [0.4, 0.5) is 0 Å². The molecule has 0 spiro atoms. The molecule has 2 aliphatic rings. The van der Waals surface area contributed by atoms with Gasteiger partial charge in [-0.1, -0.05) is 35.5 Å². The number of rotatable bonds is 3. The van der Waals surface area contributed by atoms with Crippen LogP contribution in [0.5, 0.6) is 0 Å². The zero-order valence-corrected chi connectivity index (χ0v) is 12.3. The Kier molecular flexibility index (Phi) is 3.38.